The summed E-state index contributed by atoms with van der Waals surface area (Å²) in [5, 5.41) is 8.46. The van der Waals surface area contributed by atoms with Gasteiger partial charge in [-0.1, -0.05) is 30.3 Å². The van der Waals surface area contributed by atoms with E-state index in [0.717, 1.165) is 46.9 Å². The average Bonchev–Trinajstić information content (AvgIpc) is 3.42. The summed E-state index contributed by atoms with van der Waals surface area (Å²) < 4.78 is 13.2. The van der Waals surface area contributed by atoms with Gasteiger partial charge in [0, 0.05) is 32.2 Å². The number of amides is 1. The molecule has 1 atom stereocenters. The van der Waals surface area contributed by atoms with E-state index in [9.17, 15) is 4.79 Å². The van der Waals surface area contributed by atoms with E-state index in [-0.39, 0.29) is 11.9 Å². The predicted molar refractivity (Wildman–Crippen MR) is 130 cm³/mol. The number of morpholine rings is 1. The number of furan rings is 1. The molecule has 1 saturated heterocycles. The first-order chi connectivity index (χ1) is 16.5. The van der Waals surface area contributed by atoms with E-state index >= 15 is 0 Å². The van der Waals surface area contributed by atoms with Crippen molar-refractivity contribution in [2.45, 2.75) is 19.9 Å². The van der Waals surface area contributed by atoms with Crippen LogP contribution in [0.15, 0.2) is 52.9 Å². The van der Waals surface area contributed by atoms with Crippen molar-refractivity contribution < 1.29 is 13.9 Å². The van der Waals surface area contributed by atoms with Gasteiger partial charge in [0.2, 0.25) is 0 Å². The van der Waals surface area contributed by atoms with Crippen LogP contribution in [-0.4, -0.2) is 58.4 Å². The molecule has 1 fully saturated rings. The summed E-state index contributed by atoms with van der Waals surface area (Å²) in [5.74, 6) is 1.55. The number of fused-ring (bicyclic) bond motifs is 1. The molecule has 8 nitrogen and oxygen atoms in total. The molecule has 4 aromatic rings. The molecule has 0 bridgehead atoms. The SMILES string of the molecule is Cc1ccc(C(CNC(=O)c2cc(-c3ccccc3)nc3c2c(C)nn3C)N2CCOCC2)o1. The predicted octanol–water partition coefficient (Wildman–Crippen LogP) is 3.65. The highest BCUT2D eigenvalue weighted by Crippen LogP contribution is 2.28. The zero-order chi connectivity index (χ0) is 23.7. The van der Waals surface area contributed by atoms with Gasteiger partial charge in [0.25, 0.3) is 5.91 Å². The summed E-state index contributed by atoms with van der Waals surface area (Å²) in [4.78, 5) is 20.7. The zero-order valence-corrected chi connectivity index (χ0v) is 19.7. The van der Waals surface area contributed by atoms with Crippen molar-refractivity contribution in [1.82, 2.24) is 25.0 Å². The van der Waals surface area contributed by atoms with Gasteiger partial charge in [-0.2, -0.15) is 5.10 Å². The van der Waals surface area contributed by atoms with E-state index in [1.807, 2.05) is 69.4 Å². The lowest BCUT2D eigenvalue weighted by atomic mass is 10.0. The Hall–Kier alpha value is -3.49. The maximum Gasteiger partial charge on any atom is 0.252 e. The smallest absolute Gasteiger partial charge is 0.252 e. The van der Waals surface area contributed by atoms with E-state index in [4.69, 9.17) is 14.1 Å². The van der Waals surface area contributed by atoms with Crippen LogP contribution in [0.25, 0.3) is 22.3 Å². The Morgan fingerprint density at radius 3 is 2.59 bits per heavy atom. The molecule has 1 unspecified atom stereocenters. The molecule has 176 valence electrons. The second-order valence-corrected chi connectivity index (χ2v) is 8.65. The Labute approximate surface area is 198 Å². The number of aryl methyl sites for hydroxylation is 3. The van der Waals surface area contributed by atoms with Crippen molar-refractivity contribution in [3.63, 3.8) is 0 Å². The Kier molecular flexibility index (Phi) is 6.17. The molecule has 0 radical (unpaired) electrons. The molecular formula is C26H29N5O3. The first-order valence-corrected chi connectivity index (χ1v) is 11.6. The number of aromatic nitrogens is 3. The normalized spacial score (nSPS) is 15.5. The third-order valence-corrected chi connectivity index (χ3v) is 6.31. The monoisotopic (exact) mass is 459 g/mol. The summed E-state index contributed by atoms with van der Waals surface area (Å²) in [6.45, 7) is 7.19. The number of ether oxygens (including phenoxy) is 1. The van der Waals surface area contributed by atoms with Gasteiger partial charge in [-0.15, -0.1) is 0 Å². The minimum absolute atomic E-state index is 0.0672. The second-order valence-electron chi connectivity index (χ2n) is 8.65. The quantitative estimate of drug-likeness (QED) is 0.474. The van der Waals surface area contributed by atoms with Crippen LogP contribution in [0, 0.1) is 13.8 Å². The van der Waals surface area contributed by atoms with E-state index in [1.54, 1.807) is 4.68 Å². The summed E-state index contributed by atoms with van der Waals surface area (Å²) >= 11 is 0. The molecule has 34 heavy (non-hydrogen) atoms. The van der Waals surface area contributed by atoms with E-state index < -0.39 is 0 Å². The number of nitrogens with one attached hydrogen (secondary N) is 1. The summed E-state index contributed by atoms with van der Waals surface area (Å²) in [6, 6.07) is 15.6. The van der Waals surface area contributed by atoms with Gasteiger partial charge in [0.05, 0.1) is 41.6 Å². The fourth-order valence-corrected chi connectivity index (χ4v) is 4.60. The molecule has 4 heterocycles. The average molecular weight is 460 g/mol. The maximum absolute atomic E-state index is 13.6. The lowest BCUT2D eigenvalue weighted by Gasteiger charge is -2.33. The Balaban J connectivity index is 1.47. The van der Waals surface area contributed by atoms with Crippen molar-refractivity contribution in [3.05, 3.63) is 71.3 Å². The Morgan fingerprint density at radius 2 is 1.88 bits per heavy atom. The molecule has 5 rings (SSSR count). The molecule has 8 heteroatoms. The van der Waals surface area contributed by atoms with Crippen LogP contribution in [0.5, 0.6) is 0 Å². The van der Waals surface area contributed by atoms with Gasteiger partial charge in [0.15, 0.2) is 5.65 Å². The van der Waals surface area contributed by atoms with Crippen molar-refractivity contribution >= 4 is 16.9 Å². The highest BCUT2D eigenvalue weighted by atomic mass is 16.5. The third-order valence-electron chi connectivity index (χ3n) is 6.31. The van der Waals surface area contributed by atoms with Crippen LogP contribution in [0.3, 0.4) is 0 Å². The van der Waals surface area contributed by atoms with Gasteiger partial charge in [0.1, 0.15) is 11.5 Å². The molecule has 1 N–H and O–H groups in total. The van der Waals surface area contributed by atoms with Crippen LogP contribution < -0.4 is 5.32 Å². The summed E-state index contributed by atoms with van der Waals surface area (Å²) in [6.07, 6.45) is 0. The molecule has 1 aromatic carbocycles. The van der Waals surface area contributed by atoms with Crippen LogP contribution in [-0.2, 0) is 11.8 Å². The molecule has 1 aliphatic heterocycles. The van der Waals surface area contributed by atoms with Gasteiger partial charge in [-0.3, -0.25) is 14.4 Å². The Bertz CT molecular complexity index is 1300. The van der Waals surface area contributed by atoms with Crippen LogP contribution in [0.4, 0.5) is 0 Å². The van der Waals surface area contributed by atoms with Crippen molar-refractivity contribution in [1.29, 1.82) is 0 Å². The number of hydrogen-bond acceptors (Lipinski definition) is 6. The van der Waals surface area contributed by atoms with E-state index in [0.29, 0.717) is 31.0 Å². The first kappa shape index (κ1) is 22.3. The third kappa shape index (κ3) is 4.34. The number of hydrogen-bond donors (Lipinski definition) is 1. The maximum atomic E-state index is 13.6. The number of pyridine rings is 1. The molecule has 3 aromatic heterocycles. The van der Waals surface area contributed by atoms with Crippen molar-refractivity contribution in [2.75, 3.05) is 32.8 Å². The molecule has 1 aliphatic rings. The number of benzene rings is 1. The number of nitrogens with zero attached hydrogens (tertiary/aromatic N) is 4. The van der Waals surface area contributed by atoms with Crippen molar-refractivity contribution in [3.8, 4) is 11.3 Å². The van der Waals surface area contributed by atoms with Crippen molar-refractivity contribution in [2.24, 2.45) is 7.05 Å². The van der Waals surface area contributed by atoms with Crippen LogP contribution >= 0.6 is 0 Å². The fraction of sp³-hybridized carbons (Fsp3) is 0.346. The molecule has 0 aliphatic carbocycles. The van der Waals surface area contributed by atoms with Crippen LogP contribution in [0.2, 0.25) is 0 Å². The van der Waals surface area contributed by atoms with Gasteiger partial charge in [-0.25, -0.2) is 4.98 Å². The highest BCUT2D eigenvalue weighted by Gasteiger charge is 2.27. The fourth-order valence-electron chi connectivity index (χ4n) is 4.60. The van der Waals surface area contributed by atoms with Crippen LogP contribution in [0.1, 0.15) is 33.6 Å². The topological polar surface area (TPSA) is 85.4 Å². The summed E-state index contributed by atoms with van der Waals surface area (Å²) in [7, 11) is 1.85. The van der Waals surface area contributed by atoms with Gasteiger partial charge < -0.3 is 14.5 Å². The molecule has 0 spiro atoms. The highest BCUT2D eigenvalue weighted by molar-refractivity contribution is 6.07. The second kappa shape index (κ2) is 9.40. The lowest BCUT2D eigenvalue weighted by molar-refractivity contribution is 0.0117. The number of carbonyl (C=O) groups is 1. The minimum Gasteiger partial charge on any atom is -0.465 e. The van der Waals surface area contributed by atoms with Gasteiger partial charge >= 0.3 is 0 Å². The largest absolute Gasteiger partial charge is 0.465 e. The molecule has 0 saturated carbocycles. The molecular weight excluding hydrogens is 430 g/mol. The standard InChI is InChI=1S/C26H29N5O3/c1-17-9-10-23(34-17)22(31-11-13-33-14-12-31)16-27-26(32)20-15-21(19-7-5-4-6-8-19)28-25-24(20)18(2)29-30(25)3/h4-10,15,22H,11-14,16H2,1-3H3,(H,27,32). The van der Waals surface area contributed by atoms with E-state index in [2.05, 4.69) is 15.3 Å². The minimum atomic E-state index is -0.151. The first-order valence-electron chi connectivity index (χ1n) is 11.6. The Morgan fingerprint density at radius 1 is 1.12 bits per heavy atom. The number of carbonyl (C=O) groups excluding carboxylic acids is 1. The lowest BCUT2D eigenvalue weighted by Crippen LogP contribution is -2.43. The summed E-state index contributed by atoms with van der Waals surface area (Å²) in [5.41, 5.74) is 3.74. The van der Waals surface area contributed by atoms with E-state index in [1.165, 1.54) is 0 Å². The number of rotatable bonds is 6. The van der Waals surface area contributed by atoms with Gasteiger partial charge in [-0.05, 0) is 32.0 Å². The zero-order valence-electron chi connectivity index (χ0n) is 19.7. The molecule has 1 amide bonds.